The average Bonchev–Trinajstić information content (AvgIpc) is 3.00. The molecule has 1 aliphatic carbocycles. The molecule has 0 bridgehead atoms. The maximum absolute atomic E-state index is 11.9. The van der Waals surface area contributed by atoms with Gasteiger partial charge in [-0.25, -0.2) is 13.1 Å². The van der Waals surface area contributed by atoms with Gasteiger partial charge in [-0.3, -0.25) is 0 Å². The molecule has 0 spiro atoms. The van der Waals surface area contributed by atoms with E-state index < -0.39 is 10.0 Å². The Morgan fingerprint density at radius 3 is 2.62 bits per heavy atom. The van der Waals surface area contributed by atoms with Crippen LogP contribution in [0.1, 0.15) is 18.4 Å². The molecule has 16 heavy (non-hydrogen) atoms. The van der Waals surface area contributed by atoms with Gasteiger partial charge < -0.3 is 5.73 Å². The predicted molar refractivity (Wildman–Crippen MR) is 65.4 cm³/mol. The van der Waals surface area contributed by atoms with Crippen LogP contribution in [-0.4, -0.2) is 14.5 Å². The molecule has 0 saturated heterocycles. The van der Waals surface area contributed by atoms with Crippen LogP contribution in [0.2, 0.25) is 0 Å². The molecule has 1 aliphatic rings. The molecule has 2 rings (SSSR count). The van der Waals surface area contributed by atoms with Gasteiger partial charge in [0.05, 0.1) is 4.90 Å². The number of hydrogen-bond acceptors (Lipinski definition) is 3. The minimum absolute atomic E-state index is 0.117. The SMILES string of the molecule is NCc1ccc(S(=O)(=O)NC2CC2)c(Br)c1. The summed E-state index contributed by atoms with van der Waals surface area (Å²) in [6.07, 6.45) is 1.86. The largest absolute Gasteiger partial charge is 0.326 e. The van der Waals surface area contributed by atoms with E-state index in [4.69, 9.17) is 5.73 Å². The Bertz CT molecular complexity index is 498. The highest BCUT2D eigenvalue weighted by molar-refractivity contribution is 9.10. The van der Waals surface area contributed by atoms with Crippen molar-refractivity contribution in [1.82, 2.24) is 4.72 Å². The van der Waals surface area contributed by atoms with Crippen LogP contribution in [0.15, 0.2) is 27.6 Å². The highest BCUT2D eigenvalue weighted by Crippen LogP contribution is 2.26. The molecular formula is C10H13BrN2O2S. The van der Waals surface area contributed by atoms with Gasteiger partial charge in [0.25, 0.3) is 0 Å². The first-order valence-corrected chi connectivity index (χ1v) is 7.31. The monoisotopic (exact) mass is 304 g/mol. The molecule has 3 N–H and O–H groups in total. The minimum Gasteiger partial charge on any atom is -0.326 e. The van der Waals surface area contributed by atoms with Crippen molar-refractivity contribution < 1.29 is 8.42 Å². The third-order valence-electron chi connectivity index (χ3n) is 2.42. The fourth-order valence-corrected chi connectivity index (χ4v) is 3.80. The first-order valence-electron chi connectivity index (χ1n) is 5.04. The zero-order valence-corrected chi connectivity index (χ0v) is 11.0. The van der Waals surface area contributed by atoms with E-state index in [1.54, 1.807) is 18.2 Å². The topological polar surface area (TPSA) is 72.2 Å². The fourth-order valence-electron chi connectivity index (χ4n) is 1.37. The van der Waals surface area contributed by atoms with E-state index in [9.17, 15) is 8.42 Å². The van der Waals surface area contributed by atoms with Gasteiger partial charge in [-0.1, -0.05) is 6.07 Å². The molecule has 0 aliphatic heterocycles. The lowest BCUT2D eigenvalue weighted by molar-refractivity contribution is 0.580. The van der Waals surface area contributed by atoms with E-state index in [-0.39, 0.29) is 10.9 Å². The van der Waals surface area contributed by atoms with E-state index in [0.717, 1.165) is 18.4 Å². The molecule has 6 heteroatoms. The van der Waals surface area contributed by atoms with Gasteiger partial charge in [0, 0.05) is 17.1 Å². The van der Waals surface area contributed by atoms with Gasteiger partial charge in [0.1, 0.15) is 0 Å². The van der Waals surface area contributed by atoms with Crippen molar-refractivity contribution in [1.29, 1.82) is 0 Å². The van der Waals surface area contributed by atoms with Gasteiger partial charge in [-0.2, -0.15) is 0 Å². The third-order valence-corrected chi connectivity index (χ3v) is 4.92. The lowest BCUT2D eigenvalue weighted by Gasteiger charge is -2.08. The number of sulfonamides is 1. The summed E-state index contributed by atoms with van der Waals surface area (Å²) in [7, 11) is -3.39. The van der Waals surface area contributed by atoms with Gasteiger partial charge in [-0.15, -0.1) is 0 Å². The lowest BCUT2D eigenvalue weighted by atomic mass is 10.2. The summed E-state index contributed by atoms with van der Waals surface area (Å²) >= 11 is 3.26. The molecule has 1 aromatic rings. The number of rotatable bonds is 4. The van der Waals surface area contributed by atoms with Crippen LogP contribution in [0.25, 0.3) is 0 Å². The molecule has 0 atom stereocenters. The molecule has 1 fully saturated rings. The summed E-state index contributed by atoms with van der Waals surface area (Å²) < 4.78 is 27.1. The van der Waals surface area contributed by atoms with E-state index in [0.29, 0.717) is 11.0 Å². The third kappa shape index (κ3) is 2.63. The number of benzene rings is 1. The molecule has 4 nitrogen and oxygen atoms in total. The van der Waals surface area contributed by atoms with E-state index in [1.165, 1.54) is 0 Å². The lowest BCUT2D eigenvalue weighted by Crippen LogP contribution is -2.26. The second-order valence-electron chi connectivity index (χ2n) is 3.86. The van der Waals surface area contributed by atoms with Crippen LogP contribution in [0.4, 0.5) is 0 Å². The Morgan fingerprint density at radius 1 is 1.44 bits per heavy atom. The van der Waals surface area contributed by atoms with Crippen LogP contribution >= 0.6 is 15.9 Å². The van der Waals surface area contributed by atoms with Gasteiger partial charge >= 0.3 is 0 Å². The summed E-state index contributed by atoms with van der Waals surface area (Å²) in [6, 6.07) is 5.16. The van der Waals surface area contributed by atoms with Crippen molar-refractivity contribution in [2.45, 2.75) is 30.3 Å². The first-order chi connectivity index (χ1) is 7.53. The van der Waals surface area contributed by atoms with E-state index in [2.05, 4.69) is 20.7 Å². The molecule has 88 valence electrons. The number of nitrogens with one attached hydrogen (secondary N) is 1. The van der Waals surface area contributed by atoms with Gasteiger partial charge in [0.2, 0.25) is 10.0 Å². The molecular weight excluding hydrogens is 292 g/mol. The smallest absolute Gasteiger partial charge is 0.241 e. The Morgan fingerprint density at radius 2 is 2.12 bits per heavy atom. The Balaban J connectivity index is 2.31. The van der Waals surface area contributed by atoms with Crippen LogP contribution < -0.4 is 10.5 Å². The summed E-state index contributed by atoms with van der Waals surface area (Å²) in [5.41, 5.74) is 6.38. The number of halogens is 1. The van der Waals surface area contributed by atoms with Crippen LogP contribution in [-0.2, 0) is 16.6 Å². The number of nitrogens with two attached hydrogens (primary N) is 1. The summed E-state index contributed by atoms with van der Waals surface area (Å²) in [4.78, 5) is 0.275. The van der Waals surface area contributed by atoms with Crippen molar-refractivity contribution in [2.24, 2.45) is 5.73 Å². The first kappa shape index (κ1) is 12.0. The Kier molecular flexibility index (Phi) is 3.34. The fraction of sp³-hybridized carbons (Fsp3) is 0.400. The van der Waals surface area contributed by atoms with E-state index >= 15 is 0 Å². The average molecular weight is 305 g/mol. The molecule has 1 aromatic carbocycles. The molecule has 0 unspecified atom stereocenters. The highest BCUT2D eigenvalue weighted by atomic mass is 79.9. The highest BCUT2D eigenvalue weighted by Gasteiger charge is 2.28. The van der Waals surface area contributed by atoms with Crippen LogP contribution in [0, 0.1) is 0 Å². The van der Waals surface area contributed by atoms with Crippen molar-refractivity contribution >= 4 is 26.0 Å². The zero-order chi connectivity index (χ0) is 11.8. The Labute approximate surface area is 103 Å². The van der Waals surface area contributed by atoms with E-state index in [1.807, 2.05) is 0 Å². The normalized spacial score (nSPS) is 16.4. The van der Waals surface area contributed by atoms with Crippen molar-refractivity contribution in [2.75, 3.05) is 0 Å². The van der Waals surface area contributed by atoms with Crippen LogP contribution in [0.5, 0.6) is 0 Å². The standard InChI is InChI=1S/C10H13BrN2O2S/c11-9-5-7(6-12)1-4-10(9)16(14,15)13-8-2-3-8/h1,4-5,8,13H,2-3,6,12H2. The molecule has 0 heterocycles. The molecule has 0 radical (unpaired) electrons. The maximum Gasteiger partial charge on any atom is 0.241 e. The predicted octanol–water partition coefficient (Wildman–Crippen LogP) is 1.35. The zero-order valence-electron chi connectivity index (χ0n) is 8.61. The summed E-state index contributed by atoms with van der Waals surface area (Å²) in [6.45, 7) is 0.398. The molecule has 1 saturated carbocycles. The molecule has 0 aromatic heterocycles. The van der Waals surface area contributed by atoms with Crippen molar-refractivity contribution in [3.63, 3.8) is 0 Å². The summed E-state index contributed by atoms with van der Waals surface area (Å²) in [5, 5.41) is 0. The van der Waals surface area contributed by atoms with Crippen molar-refractivity contribution in [3.05, 3.63) is 28.2 Å². The second-order valence-corrected chi connectivity index (χ2v) is 6.40. The second kappa shape index (κ2) is 4.44. The van der Waals surface area contributed by atoms with Gasteiger partial charge in [-0.05, 0) is 46.5 Å². The summed E-state index contributed by atoms with van der Waals surface area (Å²) in [5.74, 6) is 0. The minimum atomic E-state index is -3.39. The Hall–Kier alpha value is -0.430. The number of hydrogen-bond donors (Lipinski definition) is 2. The molecule has 0 amide bonds. The van der Waals surface area contributed by atoms with Crippen LogP contribution in [0.3, 0.4) is 0 Å². The maximum atomic E-state index is 11.9. The van der Waals surface area contributed by atoms with Crippen molar-refractivity contribution in [3.8, 4) is 0 Å². The quantitative estimate of drug-likeness (QED) is 0.882. The van der Waals surface area contributed by atoms with Gasteiger partial charge in [0.15, 0.2) is 0 Å².